The van der Waals surface area contributed by atoms with Gasteiger partial charge in [0.1, 0.15) is 5.25 Å². The Balaban J connectivity index is 1.53. The first-order valence-electron chi connectivity index (χ1n) is 9.91. The van der Waals surface area contributed by atoms with Crippen molar-refractivity contribution in [3.8, 4) is 0 Å². The number of para-hydroxylation sites is 1. The second-order valence-corrected chi connectivity index (χ2v) is 8.44. The van der Waals surface area contributed by atoms with Gasteiger partial charge in [0.2, 0.25) is 5.16 Å². The molecular weight excluding hydrogens is 382 g/mol. The summed E-state index contributed by atoms with van der Waals surface area (Å²) in [6.45, 7) is 0. The van der Waals surface area contributed by atoms with Crippen molar-refractivity contribution in [2.24, 2.45) is 0 Å². The highest BCUT2D eigenvalue weighted by molar-refractivity contribution is 8.00. The molecule has 1 N–H and O–H groups in total. The maximum Gasteiger partial charge on any atom is 0.210 e. The van der Waals surface area contributed by atoms with Crippen molar-refractivity contribution >= 4 is 28.4 Å². The van der Waals surface area contributed by atoms with Gasteiger partial charge in [-0.25, -0.2) is 4.68 Å². The fourth-order valence-electron chi connectivity index (χ4n) is 4.06. The van der Waals surface area contributed by atoms with E-state index in [4.69, 9.17) is 0 Å². The number of Topliss-reactive ketones (excluding diaryl/α,β-unsaturated/α-hetero) is 1. The van der Waals surface area contributed by atoms with Gasteiger partial charge in [0, 0.05) is 22.7 Å². The van der Waals surface area contributed by atoms with Gasteiger partial charge >= 0.3 is 0 Å². The summed E-state index contributed by atoms with van der Waals surface area (Å²) >= 11 is 1.44. The van der Waals surface area contributed by atoms with Gasteiger partial charge in [-0.1, -0.05) is 73.1 Å². The number of hydrogen-bond acceptors (Lipinski definition) is 5. The molecule has 0 saturated heterocycles. The standard InChI is InChI=1S/C22H21N5OS/c28-20(18-14-23-19-13-7-6-12-17(18)19)21(15-8-2-1-3-9-15)29-22-24-25-26-27(22)16-10-4-5-11-16/h1-3,6-9,12-14,16,21,23H,4-5,10-11H2/t21-/m0/s1. The first kappa shape index (κ1) is 18.1. The second-order valence-electron chi connectivity index (χ2n) is 7.37. The number of aromatic nitrogens is 5. The van der Waals surface area contributed by atoms with Crippen molar-refractivity contribution < 1.29 is 4.79 Å². The van der Waals surface area contributed by atoms with E-state index >= 15 is 0 Å². The van der Waals surface area contributed by atoms with Crippen molar-refractivity contribution in [1.82, 2.24) is 25.2 Å². The molecule has 2 aromatic heterocycles. The van der Waals surface area contributed by atoms with Crippen molar-refractivity contribution in [3.05, 3.63) is 71.9 Å². The molecule has 0 radical (unpaired) electrons. The Morgan fingerprint density at radius 3 is 2.66 bits per heavy atom. The molecule has 0 spiro atoms. The van der Waals surface area contributed by atoms with Crippen LogP contribution in [-0.4, -0.2) is 31.0 Å². The van der Waals surface area contributed by atoms with Crippen LogP contribution >= 0.6 is 11.8 Å². The third-order valence-corrected chi connectivity index (χ3v) is 6.75. The Kier molecular flexibility index (Phi) is 4.89. The lowest BCUT2D eigenvalue weighted by atomic mass is 10.0. The molecule has 1 atom stereocenters. The van der Waals surface area contributed by atoms with E-state index in [1.807, 2.05) is 65.5 Å². The van der Waals surface area contributed by atoms with E-state index in [0.717, 1.165) is 29.3 Å². The van der Waals surface area contributed by atoms with Crippen LogP contribution < -0.4 is 0 Å². The number of nitrogens with one attached hydrogen (secondary N) is 1. The molecular formula is C22H21N5OS. The largest absolute Gasteiger partial charge is 0.360 e. The number of H-pyrrole nitrogens is 1. The summed E-state index contributed by atoms with van der Waals surface area (Å²) in [4.78, 5) is 16.9. The maximum atomic E-state index is 13.7. The highest BCUT2D eigenvalue weighted by Crippen LogP contribution is 2.40. The van der Waals surface area contributed by atoms with Crippen LogP contribution in [0.15, 0.2) is 66.0 Å². The van der Waals surface area contributed by atoms with Crippen LogP contribution in [0.25, 0.3) is 10.9 Å². The van der Waals surface area contributed by atoms with Crippen LogP contribution in [0.3, 0.4) is 0 Å². The second kappa shape index (κ2) is 7.83. The van der Waals surface area contributed by atoms with Gasteiger partial charge in [-0.2, -0.15) is 0 Å². The number of carbonyl (C=O) groups is 1. The number of aromatic amines is 1. The lowest BCUT2D eigenvalue weighted by Gasteiger charge is -2.17. The third kappa shape index (κ3) is 3.46. The van der Waals surface area contributed by atoms with Crippen LogP contribution in [0.5, 0.6) is 0 Å². The molecule has 0 aliphatic heterocycles. The normalized spacial score (nSPS) is 15.7. The minimum absolute atomic E-state index is 0.0552. The average molecular weight is 404 g/mol. The molecule has 1 fully saturated rings. The lowest BCUT2D eigenvalue weighted by Crippen LogP contribution is -2.13. The molecule has 29 heavy (non-hydrogen) atoms. The molecule has 4 aromatic rings. The summed E-state index contributed by atoms with van der Waals surface area (Å²) in [5.74, 6) is 0.0552. The zero-order valence-corrected chi connectivity index (χ0v) is 16.7. The van der Waals surface area contributed by atoms with Gasteiger partial charge in [0.25, 0.3) is 0 Å². The van der Waals surface area contributed by atoms with E-state index in [0.29, 0.717) is 16.8 Å². The van der Waals surface area contributed by atoms with Gasteiger partial charge in [-0.05, 0) is 34.9 Å². The molecule has 1 aliphatic rings. The highest BCUT2D eigenvalue weighted by Gasteiger charge is 2.29. The Morgan fingerprint density at radius 1 is 1.07 bits per heavy atom. The van der Waals surface area contributed by atoms with Crippen LogP contribution in [-0.2, 0) is 0 Å². The van der Waals surface area contributed by atoms with Gasteiger partial charge in [0.05, 0.1) is 6.04 Å². The predicted molar refractivity (Wildman–Crippen MR) is 113 cm³/mol. The number of benzene rings is 2. The molecule has 2 aromatic carbocycles. The smallest absolute Gasteiger partial charge is 0.210 e. The Labute approximate surface area is 172 Å². The Morgan fingerprint density at radius 2 is 1.83 bits per heavy atom. The van der Waals surface area contributed by atoms with Gasteiger partial charge < -0.3 is 4.98 Å². The topological polar surface area (TPSA) is 76.5 Å². The number of rotatable bonds is 6. The van der Waals surface area contributed by atoms with E-state index in [1.54, 1.807) is 0 Å². The van der Waals surface area contributed by atoms with Crippen LogP contribution in [0, 0.1) is 0 Å². The summed E-state index contributed by atoms with van der Waals surface area (Å²) in [6.07, 6.45) is 6.38. The molecule has 1 aliphatic carbocycles. The average Bonchev–Trinajstić information content (AvgIpc) is 3.52. The van der Waals surface area contributed by atoms with Crippen molar-refractivity contribution in [3.63, 3.8) is 0 Å². The van der Waals surface area contributed by atoms with Gasteiger partial charge in [-0.15, -0.1) is 5.10 Å². The summed E-state index contributed by atoms with van der Waals surface area (Å²) < 4.78 is 1.91. The number of hydrogen-bond donors (Lipinski definition) is 1. The number of thioether (sulfide) groups is 1. The van der Waals surface area contributed by atoms with Crippen LogP contribution in [0.4, 0.5) is 0 Å². The predicted octanol–water partition coefficient (Wildman–Crippen LogP) is 4.99. The molecule has 0 unspecified atom stereocenters. The molecule has 146 valence electrons. The quantitative estimate of drug-likeness (QED) is 0.363. The summed E-state index contributed by atoms with van der Waals surface area (Å²) in [5.41, 5.74) is 2.61. The summed E-state index contributed by atoms with van der Waals surface area (Å²) in [6, 6.07) is 18.1. The Bertz CT molecular complexity index is 1130. The molecule has 0 amide bonds. The molecule has 0 bridgehead atoms. The number of tetrazole rings is 1. The first-order chi connectivity index (χ1) is 14.3. The van der Waals surface area contributed by atoms with E-state index in [9.17, 15) is 4.79 Å². The minimum atomic E-state index is -0.415. The minimum Gasteiger partial charge on any atom is -0.360 e. The number of carbonyl (C=O) groups excluding carboxylic acids is 1. The highest BCUT2D eigenvalue weighted by atomic mass is 32.2. The van der Waals surface area contributed by atoms with Crippen molar-refractivity contribution in [2.45, 2.75) is 42.1 Å². The van der Waals surface area contributed by atoms with E-state index < -0.39 is 5.25 Å². The fourth-order valence-corrected chi connectivity index (χ4v) is 5.18. The third-order valence-electron chi connectivity index (χ3n) is 5.55. The summed E-state index contributed by atoms with van der Waals surface area (Å²) in [7, 11) is 0. The monoisotopic (exact) mass is 403 g/mol. The Hall–Kier alpha value is -2.93. The molecule has 5 rings (SSSR count). The van der Waals surface area contributed by atoms with Crippen molar-refractivity contribution in [2.75, 3.05) is 0 Å². The SMILES string of the molecule is O=C(c1c[nH]c2ccccc12)[C@@H](Sc1nnnn1C1CCCC1)c1ccccc1. The molecule has 1 saturated carbocycles. The van der Waals surface area contributed by atoms with Crippen molar-refractivity contribution in [1.29, 1.82) is 0 Å². The number of ketones is 1. The molecule has 7 heteroatoms. The van der Waals surface area contributed by atoms with E-state index in [-0.39, 0.29) is 5.78 Å². The van der Waals surface area contributed by atoms with Crippen LogP contribution in [0.2, 0.25) is 0 Å². The zero-order chi connectivity index (χ0) is 19.6. The summed E-state index contributed by atoms with van der Waals surface area (Å²) in [5, 5.41) is 13.6. The fraction of sp³-hybridized carbons (Fsp3) is 0.273. The van der Waals surface area contributed by atoms with Crippen LogP contribution in [0.1, 0.15) is 52.9 Å². The molecule has 2 heterocycles. The number of nitrogens with zero attached hydrogens (tertiary/aromatic N) is 4. The molecule has 6 nitrogen and oxygen atoms in total. The first-order valence-corrected chi connectivity index (χ1v) is 10.8. The van der Waals surface area contributed by atoms with E-state index in [1.165, 1.54) is 24.6 Å². The van der Waals surface area contributed by atoms with Gasteiger partial charge in [0.15, 0.2) is 5.78 Å². The maximum absolute atomic E-state index is 13.7. The number of fused-ring (bicyclic) bond motifs is 1. The van der Waals surface area contributed by atoms with Gasteiger partial charge in [-0.3, -0.25) is 4.79 Å². The van der Waals surface area contributed by atoms with E-state index in [2.05, 4.69) is 20.5 Å². The zero-order valence-electron chi connectivity index (χ0n) is 15.9. The lowest BCUT2D eigenvalue weighted by molar-refractivity contribution is 0.0991.